The molecule has 0 atom stereocenters. The van der Waals surface area contributed by atoms with Gasteiger partial charge in [0.1, 0.15) is 5.60 Å². The Bertz CT molecular complexity index is 937. The molecule has 1 aromatic heterocycles. The molecule has 0 saturated carbocycles. The molecule has 1 aromatic carbocycles. The predicted octanol–water partition coefficient (Wildman–Crippen LogP) is 3.25. The topological polar surface area (TPSA) is 103 Å². The highest BCUT2D eigenvalue weighted by Crippen LogP contribution is 2.29. The van der Waals surface area contributed by atoms with Crippen molar-refractivity contribution in [2.75, 3.05) is 19.3 Å². The summed E-state index contributed by atoms with van der Waals surface area (Å²) in [7, 11) is -3.24. The van der Waals surface area contributed by atoms with Gasteiger partial charge in [0.25, 0.3) is 0 Å². The van der Waals surface area contributed by atoms with Crippen molar-refractivity contribution < 1.29 is 22.5 Å². The van der Waals surface area contributed by atoms with Gasteiger partial charge in [-0.05, 0) is 57.9 Å². The van der Waals surface area contributed by atoms with Gasteiger partial charge in [0.15, 0.2) is 9.84 Å². The molecule has 1 amide bonds. The molecule has 8 nitrogen and oxygen atoms in total. The Hall–Kier alpha value is -2.42. The first-order valence-corrected chi connectivity index (χ1v) is 11.0. The fourth-order valence-corrected chi connectivity index (χ4v) is 3.64. The van der Waals surface area contributed by atoms with Crippen LogP contribution in [0.25, 0.3) is 11.4 Å². The first-order valence-electron chi connectivity index (χ1n) is 9.15. The number of ether oxygens (including phenoxy) is 1. The van der Waals surface area contributed by atoms with E-state index in [4.69, 9.17) is 9.26 Å². The van der Waals surface area contributed by atoms with Crippen LogP contribution in [0.3, 0.4) is 0 Å². The number of hydrogen-bond acceptors (Lipinski definition) is 7. The van der Waals surface area contributed by atoms with E-state index in [1.807, 2.05) is 20.8 Å². The minimum Gasteiger partial charge on any atom is -0.444 e. The van der Waals surface area contributed by atoms with E-state index in [0.717, 1.165) is 6.26 Å². The van der Waals surface area contributed by atoms with E-state index < -0.39 is 15.4 Å². The maximum atomic E-state index is 12.2. The van der Waals surface area contributed by atoms with Gasteiger partial charge in [0.2, 0.25) is 11.7 Å². The lowest BCUT2D eigenvalue weighted by molar-refractivity contribution is 0.0198. The van der Waals surface area contributed by atoms with E-state index in [1.54, 1.807) is 17.0 Å². The first kappa shape index (κ1) is 20.3. The van der Waals surface area contributed by atoms with Crippen LogP contribution in [0.5, 0.6) is 0 Å². The molecule has 0 N–H and O–H groups in total. The number of hydrogen-bond donors (Lipinski definition) is 0. The monoisotopic (exact) mass is 407 g/mol. The summed E-state index contributed by atoms with van der Waals surface area (Å²) < 4.78 is 33.9. The number of nitrogens with zero attached hydrogens (tertiary/aromatic N) is 3. The van der Waals surface area contributed by atoms with E-state index in [-0.39, 0.29) is 16.9 Å². The normalized spacial score (nSPS) is 16.2. The van der Waals surface area contributed by atoms with Crippen molar-refractivity contribution in [3.8, 4) is 11.4 Å². The largest absolute Gasteiger partial charge is 0.444 e. The average molecular weight is 407 g/mol. The summed E-state index contributed by atoms with van der Waals surface area (Å²) in [5, 5.41) is 4.02. The Morgan fingerprint density at radius 2 is 1.79 bits per heavy atom. The minimum absolute atomic E-state index is 0.0789. The van der Waals surface area contributed by atoms with Gasteiger partial charge in [-0.15, -0.1) is 0 Å². The molecule has 0 radical (unpaired) electrons. The number of aromatic nitrogens is 2. The van der Waals surface area contributed by atoms with E-state index in [9.17, 15) is 13.2 Å². The summed E-state index contributed by atoms with van der Waals surface area (Å²) >= 11 is 0. The number of carbonyl (C=O) groups excluding carboxylic acids is 1. The Kier molecular flexibility index (Phi) is 5.47. The van der Waals surface area contributed by atoms with Crippen molar-refractivity contribution in [3.05, 3.63) is 30.2 Å². The highest BCUT2D eigenvalue weighted by Gasteiger charge is 2.30. The number of amides is 1. The molecule has 1 aliphatic heterocycles. The second-order valence-electron chi connectivity index (χ2n) is 7.99. The molecule has 2 heterocycles. The third kappa shape index (κ3) is 4.89. The Balaban J connectivity index is 1.63. The average Bonchev–Trinajstić information content (AvgIpc) is 3.10. The molecule has 3 rings (SSSR count). The second-order valence-corrected chi connectivity index (χ2v) is 10.0. The molecule has 1 fully saturated rings. The Labute approximate surface area is 164 Å². The van der Waals surface area contributed by atoms with Crippen LogP contribution < -0.4 is 0 Å². The fourth-order valence-electron chi connectivity index (χ4n) is 3.00. The van der Waals surface area contributed by atoms with Gasteiger partial charge in [0.05, 0.1) is 4.90 Å². The molecular weight excluding hydrogens is 382 g/mol. The second kappa shape index (κ2) is 7.54. The van der Waals surface area contributed by atoms with Gasteiger partial charge in [-0.2, -0.15) is 4.98 Å². The van der Waals surface area contributed by atoms with Gasteiger partial charge >= 0.3 is 6.09 Å². The van der Waals surface area contributed by atoms with Gasteiger partial charge in [-0.3, -0.25) is 0 Å². The van der Waals surface area contributed by atoms with Crippen molar-refractivity contribution in [2.45, 2.75) is 50.0 Å². The zero-order valence-electron chi connectivity index (χ0n) is 16.5. The summed E-state index contributed by atoms with van der Waals surface area (Å²) in [6.07, 6.45) is 2.29. The van der Waals surface area contributed by atoms with Crippen LogP contribution >= 0.6 is 0 Å². The van der Waals surface area contributed by atoms with Crippen LogP contribution in [0.4, 0.5) is 4.79 Å². The quantitative estimate of drug-likeness (QED) is 0.769. The van der Waals surface area contributed by atoms with Crippen LogP contribution in [0.1, 0.15) is 45.4 Å². The number of sulfone groups is 1. The summed E-state index contributed by atoms with van der Waals surface area (Å²) in [6.45, 7) is 6.68. The third-order valence-electron chi connectivity index (χ3n) is 4.48. The summed E-state index contributed by atoms with van der Waals surface area (Å²) in [5.74, 6) is 1.03. The number of carbonyl (C=O) groups is 1. The molecule has 0 unspecified atom stereocenters. The first-order chi connectivity index (χ1) is 13.0. The van der Waals surface area contributed by atoms with Crippen LogP contribution in [0, 0.1) is 0 Å². The van der Waals surface area contributed by atoms with E-state index in [0.29, 0.717) is 43.2 Å². The van der Waals surface area contributed by atoms with Crippen LogP contribution in [0.15, 0.2) is 33.7 Å². The standard InChI is InChI=1S/C19H25N3O5S/c1-19(2,3)26-18(23)22-11-9-14(10-12-22)17-20-16(21-27-17)13-5-7-15(8-6-13)28(4,24)25/h5-8,14H,9-12H2,1-4H3. The van der Waals surface area contributed by atoms with Crippen molar-refractivity contribution in [3.63, 3.8) is 0 Å². The van der Waals surface area contributed by atoms with Gasteiger partial charge < -0.3 is 14.2 Å². The van der Waals surface area contributed by atoms with Gasteiger partial charge in [-0.1, -0.05) is 5.16 Å². The Morgan fingerprint density at radius 3 is 2.32 bits per heavy atom. The molecule has 0 aliphatic carbocycles. The molecule has 1 saturated heterocycles. The highest BCUT2D eigenvalue weighted by atomic mass is 32.2. The van der Waals surface area contributed by atoms with Crippen molar-refractivity contribution in [1.29, 1.82) is 0 Å². The van der Waals surface area contributed by atoms with E-state index in [1.165, 1.54) is 12.1 Å². The van der Waals surface area contributed by atoms with Crippen LogP contribution in [0.2, 0.25) is 0 Å². The zero-order valence-corrected chi connectivity index (χ0v) is 17.3. The van der Waals surface area contributed by atoms with E-state index >= 15 is 0 Å². The minimum atomic E-state index is -3.24. The molecule has 0 spiro atoms. The predicted molar refractivity (Wildman–Crippen MR) is 103 cm³/mol. The third-order valence-corrected chi connectivity index (χ3v) is 5.61. The maximum Gasteiger partial charge on any atom is 0.410 e. The van der Waals surface area contributed by atoms with Crippen LogP contribution in [-0.2, 0) is 14.6 Å². The van der Waals surface area contributed by atoms with Crippen molar-refractivity contribution in [1.82, 2.24) is 15.0 Å². The molecule has 2 aromatic rings. The molecule has 152 valence electrons. The van der Waals surface area contributed by atoms with Gasteiger partial charge in [-0.25, -0.2) is 13.2 Å². The molecule has 1 aliphatic rings. The highest BCUT2D eigenvalue weighted by molar-refractivity contribution is 7.90. The SMILES string of the molecule is CC(C)(C)OC(=O)N1CCC(c2nc(-c3ccc(S(C)(=O)=O)cc3)no2)CC1. The summed E-state index contributed by atoms with van der Waals surface area (Å²) in [4.78, 5) is 18.6. The van der Waals surface area contributed by atoms with Gasteiger partial charge in [0, 0.05) is 30.8 Å². The lowest BCUT2D eigenvalue weighted by Crippen LogP contribution is -2.41. The van der Waals surface area contributed by atoms with E-state index in [2.05, 4.69) is 10.1 Å². The molecule has 28 heavy (non-hydrogen) atoms. The zero-order chi connectivity index (χ0) is 20.5. The van der Waals surface area contributed by atoms with Crippen molar-refractivity contribution >= 4 is 15.9 Å². The molecule has 9 heteroatoms. The van der Waals surface area contributed by atoms with Crippen molar-refractivity contribution in [2.24, 2.45) is 0 Å². The number of piperidine rings is 1. The lowest BCUT2D eigenvalue weighted by Gasteiger charge is -2.32. The number of likely N-dealkylation sites (tertiary alicyclic amines) is 1. The summed E-state index contributed by atoms with van der Waals surface area (Å²) in [5.41, 5.74) is 0.177. The lowest BCUT2D eigenvalue weighted by atomic mass is 9.97. The summed E-state index contributed by atoms with van der Waals surface area (Å²) in [6, 6.07) is 6.38. The number of benzene rings is 1. The fraction of sp³-hybridized carbons (Fsp3) is 0.526. The van der Waals surface area contributed by atoms with Crippen LogP contribution in [-0.4, -0.2) is 54.5 Å². The smallest absolute Gasteiger partial charge is 0.410 e. The molecule has 0 bridgehead atoms. The number of rotatable bonds is 3. The molecular formula is C19H25N3O5S. The maximum absolute atomic E-state index is 12.2. The Morgan fingerprint density at radius 1 is 1.18 bits per heavy atom.